The second-order valence-electron chi connectivity index (χ2n) is 14.9. The molecule has 4 aliphatic carbocycles. The van der Waals surface area contributed by atoms with Gasteiger partial charge in [-0.1, -0.05) is 104 Å². The van der Waals surface area contributed by atoms with E-state index in [0.29, 0.717) is 10.8 Å². The highest BCUT2D eigenvalue weighted by Gasteiger charge is 2.59. The summed E-state index contributed by atoms with van der Waals surface area (Å²) in [4.78, 5) is 0. The first-order chi connectivity index (χ1) is 17.1. The molecule has 3 saturated carbocycles. The highest BCUT2D eigenvalue weighted by atomic mass is 14.6. The van der Waals surface area contributed by atoms with E-state index < -0.39 is 0 Å². The van der Waals surface area contributed by atoms with Gasteiger partial charge in [-0.3, -0.25) is 0 Å². The minimum atomic E-state index is 0.511. The monoisotopic (exact) mass is 497 g/mol. The van der Waals surface area contributed by atoms with Crippen LogP contribution in [0.25, 0.3) is 0 Å². The van der Waals surface area contributed by atoms with E-state index >= 15 is 0 Å². The van der Waals surface area contributed by atoms with Crippen molar-refractivity contribution in [3.8, 4) is 0 Å². The highest BCUT2D eigenvalue weighted by Crippen LogP contribution is 2.67. The molecule has 0 nitrogen and oxygen atoms in total. The zero-order chi connectivity index (χ0) is 26.5. The van der Waals surface area contributed by atoms with E-state index in [-0.39, 0.29) is 0 Å². The first-order valence-corrected chi connectivity index (χ1v) is 16.4. The van der Waals surface area contributed by atoms with Gasteiger partial charge in [-0.2, -0.15) is 0 Å². The zero-order valence-electron chi connectivity index (χ0n) is 25.9. The Morgan fingerprint density at radius 2 is 1.67 bits per heavy atom. The van der Waals surface area contributed by atoms with Crippen molar-refractivity contribution in [1.29, 1.82) is 0 Å². The van der Waals surface area contributed by atoms with E-state index in [0.717, 1.165) is 41.4 Å². The summed E-state index contributed by atoms with van der Waals surface area (Å²) in [7, 11) is 0. The highest BCUT2D eigenvalue weighted by molar-refractivity contribution is 5.25. The van der Waals surface area contributed by atoms with Crippen molar-refractivity contribution < 1.29 is 0 Å². The Morgan fingerprint density at radius 1 is 0.944 bits per heavy atom. The molecule has 0 amide bonds. The van der Waals surface area contributed by atoms with E-state index in [4.69, 9.17) is 0 Å². The zero-order valence-corrected chi connectivity index (χ0v) is 25.9. The van der Waals surface area contributed by atoms with E-state index in [1.54, 1.807) is 0 Å². The van der Waals surface area contributed by atoms with Gasteiger partial charge >= 0.3 is 0 Å². The van der Waals surface area contributed by atoms with Crippen LogP contribution in [-0.4, -0.2) is 0 Å². The van der Waals surface area contributed by atoms with Crippen molar-refractivity contribution in [2.75, 3.05) is 0 Å². The molecule has 0 aromatic carbocycles. The Kier molecular flexibility index (Phi) is 10.9. The Morgan fingerprint density at radius 3 is 2.28 bits per heavy atom. The number of unbranched alkanes of at least 4 members (excludes halogenated alkanes) is 2. The molecule has 3 fully saturated rings. The minimum absolute atomic E-state index is 0.511. The largest absolute Gasteiger partial charge is 0.100 e. The van der Waals surface area contributed by atoms with Crippen LogP contribution in [0.2, 0.25) is 0 Å². The van der Waals surface area contributed by atoms with Crippen LogP contribution in [0.5, 0.6) is 0 Å². The maximum Gasteiger partial charge on any atom is -0.00851 e. The van der Waals surface area contributed by atoms with E-state index in [1.807, 2.05) is 5.57 Å². The summed E-state index contributed by atoms with van der Waals surface area (Å²) in [5.41, 5.74) is 4.37. The summed E-state index contributed by atoms with van der Waals surface area (Å²) in [6.45, 7) is 23.6. The van der Waals surface area contributed by atoms with Crippen LogP contribution < -0.4 is 0 Å². The fourth-order valence-electron chi connectivity index (χ4n) is 9.78. The number of rotatable bonds is 9. The third-order valence-corrected chi connectivity index (χ3v) is 11.8. The van der Waals surface area contributed by atoms with Crippen LogP contribution in [0.3, 0.4) is 0 Å². The summed E-state index contributed by atoms with van der Waals surface area (Å²) in [6.07, 6.45) is 24.1. The molecule has 0 N–H and O–H groups in total. The van der Waals surface area contributed by atoms with Crippen molar-refractivity contribution in [3.63, 3.8) is 0 Å². The standard InChI is InChI=1S/C31H52.C5H12/c1-21(2)9-8-10-23(5)27-13-14-28-26-12-11-25-20-24(19-22(3)4)15-17-30(25,6)29(26)16-18-31(27,28)7;1-3-5-4-2/h11,21,23-24,26-29H,3,8-10,12-20H2,1-2,4-7H3;3-5H2,1-2H3/t23?,24?,26?,27?,28?,29?,30-,31+;/m0./s1. The fourth-order valence-corrected chi connectivity index (χ4v) is 9.78. The van der Waals surface area contributed by atoms with Crippen LogP contribution in [0.15, 0.2) is 23.8 Å². The molecule has 4 aliphatic rings. The quantitative estimate of drug-likeness (QED) is 0.278. The van der Waals surface area contributed by atoms with Gasteiger partial charge in [0.05, 0.1) is 0 Å². The molecular formula is C36H64. The molecule has 8 atom stereocenters. The smallest absolute Gasteiger partial charge is 0.00851 e. The molecule has 0 radical (unpaired) electrons. The number of hydrogen-bond acceptors (Lipinski definition) is 0. The number of allylic oxidation sites excluding steroid dienone is 3. The average Bonchev–Trinajstić information content (AvgIpc) is 3.17. The third-order valence-electron chi connectivity index (χ3n) is 11.8. The molecule has 0 heteroatoms. The lowest BCUT2D eigenvalue weighted by Crippen LogP contribution is -2.50. The Balaban J connectivity index is 0.000000658. The summed E-state index contributed by atoms with van der Waals surface area (Å²) < 4.78 is 0. The van der Waals surface area contributed by atoms with Crippen molar-refractivity contribution in [3.05, 3.63) is 23.8 Å². The molecule has 0 heterocycles. The van der Waals surface area contributed by atoms with Crippen LogP contribution >= 0.6 is 0 Å². The molecule has 0 spiro atoms. The molecule has 0 aromatic heterocycles. The van der Waals surface area contributed by atoms with Gasteiger partial charge in [0.15, 0.2) is 0 Å². The van der Waals surface area contributed by atoms with Crippen molar-refractivity contribution in [1.82, 2.24) is 0 Å². The second-order valence-corrected chi connectivity index (χ2v) is 14.9. The Bertz CT molecular complexity index is 724. The van der Waals surface area contributed by atoms with Gasteiger partial charge in [0.1, 0.15) is 0 Å². The molecule has 0 saturated heterocycles. The third kappa shape index (κ3) is 6.54. The maximum atomic E-state index is 4.21. The van der Waals surface area contributed by atoms with Gasteiger partial charge in [-0.25, -0.2) is 0 Å². The molecule has 0 aliphatic heterocycles. The lowest BCUT2D eigenvalue weighted by Gasteiger charge is -2.58. The van der Waals surface area contributed by atoms with Gasteiger partial charge in [0.25, 0.3) is 0 Å². The van der Waals surface area contributed by atoms with Crippen LogP contribution in [0, 0.1) is 52.3 Å². The first kappa shape index (κ1) is 30.0. The lowest BCUT2D eigenvalue weighted by atomic mass is 9.46. The predicted octanol–water partition coefficient (Wildman–Crippen LogP) is 11.8. The van der Waals surface area contributed by atoms with Gasteiger partial charge in [0, 0.05) is 0 Å². The predicted molar refractivity (Wildman–Crippen MR) is 161 cm³/mol. The van der Waals surface area contributed by atoms with Crippen molar-refractivity contribution in [2.24, 2.45) is 52.3 Å². The molecule has 36 heavy (non-hydrogen) atoms. The summed E-state index contributed by atoms with van der Waals surface area (Å²) in [5, 5.41) is 0. The lowest BCUT2D eigenvalue weighted by molar-refractivity contribution is -0.0527. The van der Waals surface area contributed by atoms with Crippen molar-refractivity contribution in [2.45, 2.75) is 152 Å². The Labute approximate surface area is 227 Å². The number of hydrogen-bond donors (Lipinski definition) is 0. The molecule has 4 rings (SSSR count). The molecule has 0 aromatic rings. The van der Waals surface area contributed by atoms with E-state index in [2.05, 4.69) is 68.0 Å². The molecule has 0 bridgehead atoms. The van der Waals surface area contributed by atoms with Crippen LogP contribution in [-0.2, 0) is 0 Å². The van der Waals surface area contributed by atoms with Gasteiger partial charge < -0.3 is 0 Å². The topological polar surface area (TPSA) is 0 Å². The summed E-state index contributed by atoms with van der Waals surface area (Å²) >= 11 is 0. The Hall–Kier alpha value is -0.520. The molecule has 6 unspecified atom stereocenters. The molecule has 208 valence electrons. The maximum absolute atomic E-state index is 4.21. The second kappa shape index (κ2) is 13.0. The number of fused-ring (bicyclic) bond motifs is 5. The summed E-state index contributed by atoms with van der Waals surface area (Å²) in [6, 6.07) is 0. The SMILES string of the molecule is C=C(C)CC1CC[C@@]2(C)C(=CCC3C4CCC(C(C)CCCC(C)C)[C@@]4(C)CCC32)C1.CCCCC. The van der Waals surface area contributed by atoms with Crippen LogP contribution in [0.1, 0.15) is 152 Å². The molecular weight excluding hydrogens is 432 g/mol. The fraction of sp³-hybridized carbons (Fsp3) is 0.889. The normalized spacial score (nSPS) is 38.2. The van der Waals surface area contributed by atoms with Crippen molar-refractivity contribution >= 4 is 0 Å². The van der Waals surface area contributed by atoms with Gasteiger partial charge in [-0.15, -0.1) is 6.58 Å². The summed E-state index contributed by atoms with van der Waals surface area (Å²) in [5.74, 6) is 6.56. The van der Waals surface area contributed by atoms with Gasteiger partial charge in [-0.05, 0) is 117 Å². The first-order valence-electron chi connectivity index (χ1n) is 16.4. The minimum Gasteiger partial charge on any atom is -0.100 e. The van der Waals surface area contributed by atoms with E-state index in [1.165, 1.54) is 102 Å². The van der Waals surface area contributed by atoms with Crippen LogP contribution in [0.4, 0.5) is 0 Å². The van der Waals surface area contributed by atoms with Gasteiger partial charge in [0.2, 0.25) is 0 Å². The van der Waals surface area contributed by atoms with E-state index in [9.17, 15) is 0 Å². The average molecular weight is 497 g/mol.